The Bertz CT molecular complexity index is 3080. The van der Waals surface area contributed by atoms with Gasteiger partial charge in [0.2, 0.25) is 0 Å². The van der Waals surface area contributed by atoms with E-state index in [4.69, 9.17) is 0 Å². The van der Waals surface area contributed by atoms with Gasteiger partial charge in [0.25, 0.3) is 0 Å². The number of benzene rings is 4. The molecule has 144 heavy (non-hydrogen) atoms. The Balaban J connectivity index is 1.81. The first-order chi connectivity index (χ1) is 71.1. The molecule has 4 rings (SSSR count). The minimum absolute atomic E-state index is 0.493. The number of hydrogen-bond acceptors (Lipinski definition) is 6. The van der Waals surface area contributed by atoms with Gasteiger partial charge in [-0.3, -0.25) is 25.3 Å². The molecule has 0 aliphatic carbocycles. The van der Waals surface area contributed by atoms with Crippen LogP contribution in [0.3, 0.4) is 0 Å². The average Bonchev–Trinajstić information content (AvgIpc) is 0.716. The van der Waals surface area contributed by atoms with Gasteiger partial charge in [-0.25, -0.2) is 0 Å². The Morgan fingerprint density at radius 3 is 0.236 bits per heavy atom. The van der Waals surface area contributed by atoms with Crippen LogP contribution in [0.2, 0.25) is 0 Å². The Morgan fingerprint density at radius 2 is 0.167 bits per heavy atom. The van der Waals surface area contributed by atoms with Crippen LogP contribution >= 0.6 is 0 Å². The summed E-state index contributed by atoms with van der Waals surface area (Å²) in [5.41, 5.74) is 0. The first-order valence-corrected chi connectivity index (χ1v) is 72.8. The van der Waals surface area contributed by atoms with Gasteiger partial charge in [0.05, 0.1) is 94.2 Å². The third-order valence-electron chi connectivity index (χ3n) is 32.2. The van der Waals surface area contributed by atoms with Crippen molar-refractivity contribution >= 4 is 97.1 Å². The largest absolute Gasteiger partial charge is 0.254 e. The smallest absolute Gasteiger partial charge is 0.0556 e. The molecule has 0 radical (unpaired) electrons. The topological polar surface area (TPSA) is 102 Å². The van der Waals surface area contributed by atoms with E-state index in [2.05, 4.69) is 77.9 Å². The number of unbranched alkanes of at least 4 members (excludes halogenated alkanes) is 96. The van der Waals surface area contributed by atoms with Gasteiger partial charge in [-0.15, -0.1) is 0 Å². The molecule has 0 fully saturated rings. The summed E-state index contributed by atoms with van der Waals surface area (Å²) in [7, 11) is -8.84. The summed E-state index contributed by atoms with van der Waals surface area (Å²) in [6.45, 7) is 13.8. The van der Waals surface area contributed by atoms with Crippen LogP contribution in [0.15, 0.2) is 65.8 Å². The molecular weight excluding hydrogens is 1870 g/mol. The molecule has 0 aliphatic rings. The van der Waals surface area contributed by atoms with E-state index in [0.29, 0.717) is 63.9 Å². The summed E-state index contributed by atoms with van der Waals surface area (Å²) in [5.74, 6) is 2.96. The van der Waals surface area contributed by atoms with E-state index in [0.717, 1.165) is 148 Å². The predicted octanol–water partition coefficient (Wildman–Crippen LogP) is 45.7. The van der Waals surface area contributed by atoms with Crippen molar-refractivity contribution in [2.24, 2.45) is 0 Å². The van der Waals surface area contributed by atoms with Crippen molar-refractivity contribution in [2.75, 3.05) is 34.5 Å². The van der Waals surface area contributed by atoms with Crippen molar-refractivity contribution in [2.45, 2.75) is 726 Å². The van der Waals surface area contributed by atoms with E-state index in [1.54, 1.807) is 0 Å². The van der Waals surface area contributed by atoms with E-state index in [-0.39, 0.29) is 0 Å². The molecule has 0 saturated carbocycles. The van der Waals surface area contributed by atoms with Crippen molar-refractivity contribution in [3.8, 4) is 0 Å². The van der Waals surface area contributed by atoms with Gasteiger partial charge in [0, 0.05) is 34.5 Å². The van der Waals surface area contributed by atoms with Crippen LogP contribution in [0, 0.1) is 0 Å². The van der Waals surface area contributed by atoms with Crippen molar-refractivity contribution in [3.63, 3.8) is 0 Å². The summed E-state index contributed by atoms with van der Waals surface area (Å²) in [6.07, 6.45) is 131. The molecule has 0 heterocycles. The molecule has 0 bridgehead atoms. The predicted molar refractivity (Wildman–Crippen MR) is 652 cm³/mol. The molecule has 6 unspecified atom stereocenters. The highest BCUT2D eigenvalue weighted by atomic mass is 32.2. The monoisotopic (exact) mass is 2110 g/mol. The van der Waals surface area contributed by atoms with Crippen LogP contribution in [0.4, 0.5) is 0 Å². The third kappa shape index (κ3) is 70.9. The normalized spacial score (nSPS) is 13.3. The minimum atomic E-state index is -1.47. The molecule has 6 nitrogen and oxygen atoms in total. The van der Waals surface area contributed by atoms with Gasteiger partial charge in [0.15, 0.2) is 0 Å². The lowest BCUT2D eigenvalue weighted by molar-refractivity contribution is 0.529. The molecule has 4 aromatic rings. The molecule has 0 aliphatic heterocycles. The lowest BCUT2D eigenvalue weighted by Gasteiger charge is -2.20. The molecule has 6 atom stereocenters. The highest BCUT2D eigenvalue weighted by Gasteiger charge is 2.27. The van der Waals surface area contributed by atoms with Crippen LogP contribution in [-0.4, -0.2) is 59.8 Å². The van der Waals surface area contributed by atoms with Gasteiger partial charge >= 0.3 is 0 Å². The fraction of sp³-hybridized carbons (Fsp3) is 0.864. The summed E-state index contributed by atoms with van der Waals surface area (Å²) in [5, 5.41) is 5.20. The second kappa shape index (κ2) is 101. The van der Waals surface area contributed by atoms with Gasteiger partial charge < -0.3 is 0 Å². The van der Waals surface area contributed by atoms with E-state index in [1.807, 2.05) is 0 Å². The first kappa shape index (κ1) is 135. The van der Waals surface area contributed by atoms with Crippen molar-refractivity contribution < 1.29 is 25.3 Å². The highest BCUT2D eigenvalue weighted by molar-refractivity contribution is 7.89. The Kier molecular flexibility index (Phi) is 94.4. The zero-order valence-corrected chi connectivity index (χ0v) is 102. The zero-order chi connectivity index (χ0) is 103. The lowest BCUT2D eigenvalue weighted by atomic mass is 9.94. The second-order valence-electron chi connectivity index (χ2n) is 45.8. The third-order valence-corrected chi connectivity index (χ3v) is 41.5. The summed E-state index contributed by atoms with van der Waals surface area (Å²) in [4.78, 5) is 3.90. The average molecular weight is 2120 g/mol. The minimum Gasteiger partial charge on any atom is -0.254 e. The second-order valence-corrected chi connectivity index (χ2v) is 55.0. The summed E-state index contributed by atoms with van der Waals surface area (Å²) in [6, 6.07) is 12.8. The fourth-order valence-corrected chi connectivity index (χ4v) is 31.5. The molecule has 0 spiro atoms. The van der Waals surface area contributed by atoms with E-state index < -0.39 is 64.8 Å². The lowest BCUT2D eigenvalue weighted by Crippen LogP contribution is -2.09. The summed E-state index contributed by atoms with van der Waals surface area (Å²) < 4.78 is 94.7. The van der Waals surface area contributed by atoms with Crippen LogP contribution in [-0.2, 0) is 64.8 Å². The van der Waals surface area contributed by atoms with Crippen molar-refractivity contribution in [1.82, 2.24) is 0 Å². The molecule has 0 saturated heterocycles. The maximum atomic E-state index is 15.8. The number of hydrogen-bond donors (Lipinski definition) is 0. The van der Waals surface area contributed by atoms with Gasteiger partial charge in [-0.2, -0.15) is 0 Å². The molecule has 12 heteroatoms. The number of rotatable bonds is 114. The molecule has 4 aromatic carbocycles. The molecule has 0 amide bonds. The Morgan fingerprint density at radius 1 is 0.104 bits per heavy atom. The first-order valence-electron chi connectivity index (χ1n) is 64.9. The van der Waals surface area contributed by atoms with E-state index in [1.165, 1.54) is 539 Å². The number of fused-ring (bicyclic) bond motifs is 6. The standard InChI is InChI=1S/C132H240O6S6/c1-7-13-19-25-31-37-43-49-55-61-67-73-79-85-91-97-103-109-139(133)127-115-121-122(116-128(127)140(134)110-104-98-92-86-80-74-68-62-56-50-44-38-32-26-20-14-8-2)124-118-130(142(136)112-106-100-94-88-82-76-70-64-58-52-46-40-34-28-22-16-10-4)132(144(138)114-108-102-96-90-84-78-72-66-60-54-48-42-36-30-24-18-12-6)120-126(124)125-119-131(143(137)113-107-101-95-89-83-77-71-65-59-53-47-41-35-29-23-17-11-5)129(117-123(121)125)141(135)111-105-99-93-87-81-75-69-63-57-51-45-39-33-27-21-15-9-3/h115-120H,7-114H2,1-6H3. The Hall–Kier alpha value is -1.44. The van der Waals surface area contributed by atoms with Crippen molar-refractivity contribution in [1.29, 1.82) is 0 Å². The van der Waals surface area contributed by atoms with Crippen molar-refractivity contribution in [3.05, 3.63) is 36.4 Å². The highest BCUT2D eigenvalue weighted by Crippen LogP contribution is 2.44. The van der Waals surface area contributed by atoms with Gasteiger partial charge in [-0.1, -0.05) is 658 Å². The quantitative estimate of drug-likeness (QED) is 0.0322. The maximum absolute atomic E-state index is 15.8. The molecule has 840 valence electrons. The molecular formula is C132H240O6S6. The Labute approximate surface area is 911 Å². The zero-order valence-electron chi connectivity index (χ0n) is 96.7. The fourth-order valence-electron chi connectivity index (χ4n) is 22.5. The van der Waals surface area contributed by atoms with E-state index >= 15 is 25.3 Å². The van der Waals surface area contributed by atoms with Gasteiger partial charge in [-0.05, 0) is 107 Å². The SMILES string of the molecule is CCCCCCCCCCCCCCCCCCCS(=O)c1cc2c3cc(S(=O)CCCCCCCCCCCCCCCCCCC)c(S(=O)CCCCCCCCCCCCCCCCCCC)cc3c3cc(S(=O)CCCCCCCCCCCCCCCCCCC)c(S(=O)CCCCCCCCCCCCCCCCCCC)cc3c2cc1S(=O)CCCCCCCCCCCCCCCCCCC. The summed E-state index contributed by atoms with van der Waals surface area (Å²) >= 11 is 0. The van der Waals surface area contributed by atoms with Gasteiger partial charge in [0.1, 0.15) is 0 Å². The molecule has 0 aromatic heterocycles. The van der Waals surface area contributed by atoms with Crippen LogP contribution in [0.5, 0.6) is 0 Å². The molecule has 0 N–H and O–H groups in total. The van der Waals surface area contributed by atoms with Crippen LogP contribution < -0.4 is 0 Å². The maximum Gasteiger partial charge on any atom is 0.0556 e. The van der Waals surface area contributed by atoms with Crippen LogP contribution in [0.25, 0.3) is 32.3 Å². The van der Waals surface area contributed by atoms with Crippen LogP contribution in [0.1, 0.15) is 696 Å². The van der Waals surface area contributed by atoms with E-state index in [9.17, 15) is 0 Å².